The molecule has 2 N–H and O–H groups in total. The van der Waals surface area contributed by atoms with Gasteiger partial charge in [-0.1, -0.05) is 24.3 Å². The molecule has 2 aromatic carbocycles. The molecule has 4 heteroatoms. The molecule has 0 bridgehead atoms. The lowest BCUT2D eigenvalue weighted by Crippen LogP contribution is -2.05. The Morgan fingerprint density at radius 3 is 2.28 bits per heavy atom. The van der Waals surface area contributed by atoms with Crippen LogP contribution < -0.4 is 10.5 Å². The van der Waals surface area contributed by atoms with Crippen LogP contribution >= 0.6 is 0 Å². The average molecular weight is 249 g/mol. The second kappa shape index (κ2) is 5.60. The summed E-state index contributed by atoms with van der Waals surface area (Å²) in [5.41, 5.74) is 6.27. The zero-order valence-corrected chi connectivity index (χ0v) is 9.70. The van der Waals surface area contributed by atoms with Gasteiger partial charge in [0.2, 0.25) is 0 Å². The number of ether oxygens (including phenoxy) is 1. The molecule has 0 heterocycles. The van der Waals surface area contributed by atoms with E-state index in [1.165, 1.54) is 18.2 Å². The predicted octanol–water partition coefficient (Wildman–Crippen LogP) is 3.00. The summed E-state index contributed by atoms with van der Waals surface area (Å²) in [5.74, 6) is -0.678. The van der Waals surface area contributed by atoms with Gasteiger partial charge in [0.15, 0.2) is 0 Å². The van der Waals surface area contributed by atoms with Crippen molar-refractivity contribution in [2.24, 2.45) is 5.73 Å². The maximum absolute atomic E-state index is 13.4. The third kappa shape index (κ3) is 2.65. The molecule has 0 unspecified atom stereocenters. The van der Waals surface area contributed by atoms with Gasteiger partial charge in [0, 0.05) is 12.1 Å². The topological polar surface area (TPSA) is 35.2 Å². The van der Waals surface area contributed by atoms with E-state index in [2.05, 4.69) is 0 Å². The maximum Gasteiger partial charge on any atom is 0.132 e. The van der Waals surface area contributed by atoms with Crippen LogP contribution in [-0.2, 0) is 13.2 Å². The molecular weight excluding hydrogens is 236 g/mol. The van der Waals surface area contributed by atoms with E-state index in [1.807, 2.05) is 12.1 Å². The first-order chi connectivity index (χ1) is 8.72. The zero-order chi connectivity index (χ0) is 13.0. The third-order valence-corrected chi connectivity index (χ3v) is 2.63. The predicted molar refractivity (Wildman–Crippen MR) is 65.0 cm³/mol. The van der Waals surface area contributed by atoms with E-state index < -0.39 is 11.6 Å². The monoisotopic (exact) mass is 249 g/mol. The van der Waals surface area contributed by atoms with Gasteiger partial charge in [-0.05, 0) is 18.2 Å². The van der Waals surface area contributed by atoms with Crippen molar-refractivity contribution in [3.05, 3.63) is 65.2 Å². The number of halogens is 2. The van der Waals surface area contributed by atoms with Crippen molar-refractivity contribution in [2.45, 2.75) is 13.2 Å². The van der Waals surface area contributed by atoms with Gasteiger partial charge in [-0.3, -0.25) is 0 Å². The van der Waals surface area contributed by atoms with Crippen molar-refractivity contribution in [2.75, 3.05) is 0 Å². The van der Waals surface area contributed by atoms with E-state index in [-0.39, 0.29) is 12.2 Å². The summed E-state index contributed by atoms with van der Waals surface area (Å²) in [6, 6.07) is 10.9. The number of para-hydroxylation sites is 1. The van der Waals surface area contributed by atoms with E-state index in [0.717, 1.165) is 5.56 Å². The maximum atomic E-state index is 13.4. The highest BCUT2D eigenvalue weighted by molar-refractivity contribution is 5.33. The first-order valence-electron chi connectivity index (χ1n) is 5.56. The molecule has 0 aromatic heterocycles. The van der Waals surface area contributed by atoms with Gasteiger partial charge in [0.05, 0.1) is 5.56 Å². The molecule has 0 aliphatic rings. The van der Waals surface area contributed by atoms with Crippen LogP contribution in [0.5, 0.6) is 5.75 Å². The van der Waals surface area contributed by atoms with Gasteiger partial charge in [0.1, 0.15) is 24.0 Å². The smallest absolute Gasteiger partial charge is 0.132 e. The number of nitrogens with two attached hydrogens (primary N) is 1. The molecule has 2 nitrogen and oxygen atoms in total. The van der Waals surface area contributed by atoms with Crippen LogP contribution in [0.3, 0.4) is 0 Å². The van der Waals surface area contributed by atoms with E-state index >= 15 is 0 Å². The standard InChI is InChI=1S/C14H13F2NO/c15-12-5-3-6-13(16)11(12)9-18-14-7-2-1-4-10(14)8-17/h1-7H,8-9,17H2. The second-order valence-electron chi connectivity index (χ2n) is 3.80. The van der Waals surface area contributed by atoms with Crippen LogP contribution in [0.25, 0.3) is 0 Å². The number of hydrogen-bond donors (Lipinski definition) is 1. The highest BCUT2D eigenvalue weighted by atomic mass is 19.1. The van der Waals surface area contributed by atoms with Crippen LogP contribution in [0.15, 0.2) is 42.5 Å². The van der Waals surface area contributed by atoms with Crippen LogP contribution in [0.4, 0.5) is 8.78 Å². The van der Waals surface area contributed by atoms with E-state index in [0.29, 0.717) is 12.3 Å². The molecule has 18 heavy (non-hydrogen) atoms. The fraction of sp³-hybridized carbons (Fsp3) is 0.143. The van der Waals surface area contributed by atoms with Crippen molar-refractivity contribution in [1.82, 2.24) is 0 Å². The molecule has 2 rings (SSSR count). The van der Waals surface area contributed by atoms with Crippen LogP contribution in [0.1, 0.15) is 11.1 Å². The highest BCUT2D eigenvalue weighted by Gasteiger charge is 2.09. The fourth-order valence-electron chi connectivity index (χ4n) is 1.63. The normalized spacial score (nSPS) is 10.4. The van der Waals surface area contributed by atoms with E-state index in [9.17, 15) is 8.78 Å². The lowest BCUT2D eigenvalue weighted by atomic mass is 10.2. The summed E-state index contributed by atoms with van der Waals surface area (Å²) in [6.07, 6.45) is 0. The lowest BCUT2D eigenvalue weighted by molar-refractivity contribution is 0.289. The molecule has 0 aliphatic carbocycles. The largest absolute Gasteiger partial charge is 0.488 e. The minimum atomic E-state index is -0.611. The van der Waals surface area contributed by atoms with Crippen molar-refractivity contribution in [1.29, 1.82) is 0 Å². The number of benzene rings is 2. The molecule has 0 aliphatic heterocycles. The van der Waals surface area contributed by atoms with Gasteiger partial charge in [-0.2, -0.15) is 0 Å². The average Bonchev–Trinajstić information content (AvgIpc) is 2.38. The first-order valence-corrected chi connectivity index (χ1v) is 5.56. The fourth-order valence-corrected chi connectivity index (χ4v) is 1.63. The van der Waals surface area contributed by atoms with Crippen LogP contribution in [0.2, 0.25) is 0 Å². The zero-order valence-electron chi connectivity index (χ0n) is 9.70. The SMILES string of the molecule is NCc1ccccc1OCc1c(F)cccc1F. The Kier molecular flexibility index (Phi) is 3.89. The molecule has 0 atom stereocenters. The van der Waals surface area contributed by atoms with E-state index in [4.69, 9.17) is 10.5 Å². The lowest BCUT2D eigenvalue weighted by Gasteiger charge is -2.11. The van der Waals surface area contributed by atoms with Gasteiger partial charge in [-0.25, -0.2) is 8.78 Å². The summed E-state index contributed by atoms with van der Waals surface area (Å²) in [5, 5.41) is 0. The van der Waals surface area contributed by atoms with Gasteiger partial charge in [0.25, 0.3) is 0 Å². The Labute approximate surface area is 104 Å². The molecule has 0 fully saturated rings. The van der Waals surface area contributed by atoms with Crippen molar-refractivity contribution < 1.29 is 13.5 Å². The molecule has 0 radical (unpaired) electrons. The molecule has 0 saturated heterocycles. The summed E-state index contributed by atoms with van der Waals surface area (Å²) in [6.45, 7) is 0.158. The molecule has 94 valence electrons. The summed E-state index contributed by atoms with van der Waals surface area (Å²) in [7, 11) is 0. The summed E-state index contributed by atoms with van der Waals surface area (Å²) >= 11 is 0. The molecular formula is C14H13F2NO. The third-order valence-electron chi connectivity index (χ3n) is 2.63. The Bertz CT molecular complexity index is 523. The minimum Gasteiger partial charge on any atom is -0.488 e. The quantitative estimate of drug-likeness (QED) is 0.904. The number of hydrogen-bond acceptors (Lipinski definition) is 2. The molecule has 2 aromatic rings. The molecule has 0 saturated carbocycles. The van der Waals surface area contributed by atoms with Gasteiger partial charge >= 0.3 is 0 Å². The Morgan fingerprint density at radius 2 is 1.61 bits per heavy atom. The van der Waals surface area contributed by atoms with Crippen molar-refractivity contribution in [3.63, 3.8) is 0 Å². The number of rotatable bonds is 4. The van der Waals surface area contributed by atoms with Crippen molar-refractivity contribution in [3.8, 4) is 5.75 Å². The Balaban J connectivity index is 2.16. The van der Waals surface area contributed by atoms with Gasteiger partial charge < -0.3 is 10.5 Å². The summed E-state index contributed by atoms with van der Waals surface area (Å²) < 4.78 is 32.2. The van der Waals surface area contributed by atoms with Crippen LogP contribution in [0, 0.1) is 11.6 Å². The molecule has 0 amide bonds. The second-order valence-corrected chi connectivity index (χ2v) is 3.80. The van der Waals surface area contributed by atoms with Crippen molar-refractivity contribution >= 4 is 0 Å². The van der Waals surface area contributed by atoms with Crippen LogP contribution in [-0.4, -0.2) is 0 Å². The highest BCUT2D eigenvalue weighted by Crippen LogP contribution is 2.20. The van der Waals surface area contributed by atoms with E-state index in [1.54, 1.807) is 12.1 Å². The first kappa shape index (κ1) is 12.5. The Morgan fingerprint density at radius 1 is 0.944 bits per heavy atom. The summed E-state index contributed by atoms with van der Waals surface area (Å²) in [4.78, 5) is 0. The van der Waals surface area contributed by atoms with Gasteiger partial charge in [-0.15, -0.1) is 0 Å². The minimum absolute atomic E-state index is 0.0793. The Hall–Kier alpha value is -1.94. The molecule has 0 spiro atoms.